The van der Waals surface area contributed by atoms with Crippen LogP contribution in [0.5, 0.6) is 0 Å². The predicted octanol–water partition coefficient (Wildman–Crippen LogP) is 3.52. The van der Waals surface area contributed by atoms with Crippen LogP contribution in [-0.4, -0.2) is 20.9 Å². The summed E-state index contributed by atoms with van der Waals surface area (Å²) in [7, 11) is 0. The first kappa shape index (κ1) is 13.6. The van der Waals surface area contributed by atoms with Crippen molar-refractivity contribution in [1.82, 2.24) is 9.78 Å². The minimum Gasteiger partial charge on any atom is -0.476 e. The van der Waals surface area contributed by atoms with Gasteiger partial charge in [0, 0.05) is 5.41 Å². The summed E-state index contributed by atoms with van der Waals surface area (Å²) >= 11 is 6.19. The molecule has 1 aromatic heterocycles. The van der Waals surface area contributed by atoms with Crippen LogP contribution in [0.4, 0.5) is 0 Å². The lowest BCUT2D eigenvalue weighted by atomic mass is 9.91. The summed E-state index contributed by atoms with van der Waals surface area (Å²) in [4.78, 5) is 11.2. The highest BCUT2D eigenvalue weighted by Crippen LogP contribution is 2.33. The van der Waals surface area contributed by atoms with Gasteiger partial charge in [0.15, 0.2) is 5.69 Å². The summed E-state index contributed by atoms with van der Waals surface area (Å²) in [5.74, 6) is -1.12. The molecule has 5 heteroatoms. The lowest BCUT2D eigenvalue weighted by molar-refractivity contribution is 0.0690. The van der Waals surface area contributed by atoms with Gasteiger partial charge in [-0.2, -0.15) is 5.10 Å². The molecule has 0 bridgehead atoms. The van der Waals surface area contributed by atoms with Gasteiger partial charge in [0.2, 0.25) is 0 Å². The number of aromatic carboxylic acids is 1. The van der Waals surface area contributed by atoms with Gasteiger partial charge in [-0.25, -0.2) is 9.48 Å². The number of aromatic nitrogens is 2. The topological polar surface area (TPSA) is 55.1 Å². The van der Waals surface area contributed by atoms with Crippen molar-refractivity contribution in [1.29, 1.82) is 0 Å². The third-order valence-electron chi connectivity index (χ3n) is 2.74. The number of nitrogens with zero attached hydrogens (tertiary/aromatic N) is 2. The van der Waals surface area contributed by atoms with Gasteiger partial charge in [0.05, 0.1) is 16.4 Å². The fraction of sp³-hybridized carbons (Fsp3) is 0.286. The van der Waals surface area contributed by atoms with E-state index in [4.69, 9.17) is 16.7 Å². The fourth-order valence-electron chi connectivity index (χ4n) is 1.94. The number of carboxylic acid groups (broad SMARTS) is 1. The Labute approximate surface area is 116 Å². The minimum absolute atomic E-state index is 0.115. The zero-order valence-electron chi connectivity index (χ0n) is 11.0. The molecule has 4 nitrogen and oxygen atoms in total. The zero-order valence-corrected chi connectivity index (χ0v) is 11.8. The molecule has 0 spiro atoms. The molecule has 0 saturated carbocycles. The van der Waals surface area contributed by atoms with Crippen LogP contribution in [0.25, 0.3) is 5.69 Å². The summed E-state index contributed by atoms with van der Waals surface area (Å²) in [5.41, 5.74) is 1.06. The number of para-hydroxylation sites is 1. The van der Waals surface area contributed by atoms with Crippen LogP contribution in [-0.2, 0) is 5.41 Å². The quantitative estimate of drug-likeness (QED) is 0.914. The van der Waals surface area contributed by atoms with E-state index in [0.717, 1.165) is 5.69 Å². The molecule has 1 heterocycles. The van der Waals surface area contributed by atoms with Crippen molar-refractivity contribution in [2.24, 2.45) is 0 Å². The van der Waals surface area contributed by atoms with Crippen molar-refractivity contribution >= 4 is 17.6 Å². The summed E-state index contributed by atoms with van der Waals surface area (Å²) in [5, 5.41) is 13.5. The first-order valence-electron chi connectivity index (χ1n) is 5.90. The number of carboxylic acids is 1. The number of carbonyl (C=O) groups is 1. The van der Waals surface area contributed by atoms with E-state index in [-0.39, 0.29) is 16.1 Å². The Bertz CT molecular complexity index is 612. The van der Waals surface area contributed by atoms with E-state index >= 15 is 0 Å². The first-order chi connectivity index (χ1) is 8.82. The van der Waals surface area contributed by atoms with Crippen LogP contribution in [0.1, 0.15) is 37.0 Å². The predicted molar refractivity (Wildman–Crippen MR) is 74.2 cm³/mol. The van der Waals surface area contributed by atoms with Crippen LogP contribution in [0, 0.1) is 0 Å². The van der Waals surface area contributed by atoms with E-state index < -0.39 is 5.97 Å². The molecule has 2 aromatic rings. The molecule has 0 fully saturated rings. The second-order valence-corrected chi connectivity index (χ2v) is 5.69. The molecule has 1 aromatic carbocycles. The Morgan fingerprint density at radius 2 is 1.84 bits per heavy atom. The Morgan fingerprint density at radius 3 is 2.32 bits per heavy atom. The molecule has 2 rings (SSSR count). The van der Waals surface area contributed by atoms with E-state index in [1.807, 2.05) is 51.1 Å². The highest BCUT2D eigenvalue weighted by Gasteiger charge is 2.29. The van der Waals surface area contributed by atoms with E-state index in [1.54, 1.807) is 4.68 Å². The van der Waals surface area contributed by atoms with Gasteiger partial charge in [-0.15, -0.1) is 0 Å². The molecule has 19 heavy (non-hydrogen) atoms. The lowest BCUT2D eigenvalue weighted by Gasteiger charge is -2.20. The van der Waals surface area contributed by atoms with Gasteiger partial charge in [0.1, 0.15) is 0 Å². The number of halogens is 1. The van der Waals surface area contributed by atoms with Gasteiger partial charge in [-0.3, -0.25) is 0 Å². The van der Waals surface area contributed by atoms with Crippen molar-refractivity contribution in [3.63, 3.8) is 0 Å². The van der Waals surface area contributed by atoms with Crippen molar-refractivity contribution in [3.05, 3.63) is 46.7 Å². The molecule has 0 unspecified atom stereocenters. The molecule has 0 atom stereocenters. The second kappa shape index (κ2) is 4.70. The standard InChI is InChI=1S/C14H15ClN2O2/c1-14(2,3)12-10(15)11(13(18)19)16-17(12)9-7-5-4-6-8-9/h4-8H,1-3H3,(H,18,19). The Morgan fingerprint density at radius 1 is 1.26 bits per heavy atom. The van der Waals surface area contributed by atoms with E-state index in [0.29, 0.717) is 5.69 Å². The fourth-order valence-corrected chi connectivity index (χ4v) is 2.42. The third kappa shape index (κ3) is 2.49. The average molecular weight is 279 g/mol. The summed E-state index contributed by atoms with van der Waals surface area (Å²) in [6, 6.07) is 9.37. The van der Waals surface area contributed by atoms with Gasteiger partial charge in [-0.05, 0) is 12.1 Å². The maximum atomic E-state index is 11.2. The normalized spacial score (nSPS) is 11.6. The summed E-state index contributed by atoms with van der Waals surface area (Å²) < 4.78 is 1.60. The molecule has 0 aliphatic carbocycles. The molecule has 1 N–H and O–H groups in total. The van der Waals surface area contributed by atoms with E-state index in [2.05, 4.69) is 5.10 Å². The van der Waals surface area contributed by atoms with Crippen molar-refractivity contribution in [3.8, 4) is 5.69 Å². The van der Waals surface area contributed by atoms with Crippen molar-refractivity contribution < 1.29 is 9.90 Å². The van der Waals surface area contributed by atoms with Crippen LogP contribution in [0.3, 0.4) is 0 Å². The monoisotopic (exact) mass is 278 g/mol. The molecular formula is C14H15ClN2O2. The Hall–Kier alpha value is -1.81. The second-order valence-electron chi connectivity index (χ2n) is 5.31. The molecule has 0 amide bonds. The minimum atomic E-state index is -1.12. The van der Waals surface area contributed by atoms with Gasteiger partial charge >= 0.3 is 5.97 Å². The Kier molecular flexibility index (Phi) is 3.37. The summed E-state index contributed by atoms with van der Waals surface area (Å²) in [6.07, 6.45) is 0. The number of hydrogen-bond acceptors (Lipinski definition) is 2. The van der Waals surface area contributed by atoms with Crippen LogP contribution in [0.15, 0.2) is 30.3 Å². The summed E-state index contributed by atoms with van der Waals surface area (Å²) in [6.45, 7) is 5.92. The Balaban J connectivity index is 2.74. The number of benzene rings is 1. The smallest absolute Gasteiger partial charge is 0.358 e. The first-order valence-corrected chi connectivity index (χ1v) is 6.28. The highest BCUT2D eigenvalue weighted by atomic mass is 35.5. The van der Waals surface area contributed by atoms with Crippen LogP contribution < -0.4 is 0 Å². The molecule has 0 radical (unpaired) electrons. The van der Waals surface area contributed by atoms with Crippen LogP contribution >= 0.6 is 11.6 Å². The van der Waals surface area contributed by atoms with Crippen LogP contribution in [0.2, 0.25) is 5.02 Å². The lowest BCUT2D eigenvalue weighted by Crippen LogP contribution is -2.17. The molecular weight excluding hydrogens is 264 g/mol. The maximum Gasteiger partial charge on any atom is 0.358 e. The van der Waals surface area contributed by atoms with Crippen molar-refractivity contribution in [2.75, 3.05) is 0 Å². The van der Waals surface area contributed by atoms with Gasteiger partial charge in [0.25, 0.3) is 0 Å². The maximum absolute atomic E-state index is 11.2. The molecule has 0 aliphatic heterocycles. The SMILES string of the molecule is CC(C)(C)c1c(Cl)c(C(=O)O)nn1-c1ccccc1. The highest BCUT2D eigenvalue weighted by molar-refractivity contribution is 6.34. The van der Waals surface area contributed by atoms with Gasteiger partial charge < -0.3 is 5.11 Å². The van der Waals surface area contributed by atoms with E-state index in [1.165, 1.54) is 0 Å². The third-order valence-corrected chi connectivity index (χ3v) is 3.10. The number of rotatable bonds is 2. The average Bonchev–Trinajstić information content (AvgIpc) is 2.68. The number of hydrogen-bond donors (Lipinski definition) is 1. The van der Waals surface area contributed by atoms with E-state index in [9.17, 15) is 4.79 Å². The van der Waals surface area contributed by atoms with Gasteiger partial charge in [-0.1, -0.05) is 50.6 Å². The zero-order chi connectivity index (χ0) is 14.2. The molecule has 0 saturated heterocycles. The molecule has 100 valence electrons. The van der Waals surface area contributed by atoms with Crippen molar-refractivity contribution in [2.45, 2.75) is 26.2 Å². The largest absolute Gasteiger partial charge is 0.476 e. The molecule has 0 aliphatic rings.